The molecule has 1 amide bonds. The van der Waals surface area contributed by atoms with Gasteiger partial charge in [0.2, 0.25) is 5.91 Å². The zero-order valence-corrected chi connectivity index (χ0v) is 8.94. The zero-order chi connectivity index (χ0) is 11.3. The lowest BCUT2D eigenvalue weighted by Gasteiger charge is -2.31. The summed E-state index contributed by atoms with van der Waals surface area (Å²) in [5.74, 6) is -1.01. The fraction of sp³-hybridized carbons (Fsp3) is 0.800. The Morgan fingerprint density at radius 1 is 1.47 bits per heavy atom. The van der Waals surface area contributed by atoms with Crippen LogP contribution in [0.5, 0.6) is 0 Å². The van der Waals surface area contributed by atoms with Crippen LogP contribution in [-0.4, -0.2) is 48.2 Å². The fourth-order valence-corrected chi connectivity index (χ4v) is 1.73. The number of carbonyl (C=O) groups excluding carboxylic acids is 1. The third-order valence-corrected chi connectivity index (χ3v) is 2.62. The van der Waals surface area contributed by atoms with E-state index in [1.165, 1.54) is 0 Å². The van der Waals surface area contributed by atoms with E-state index in [2.05, 4.69) is 0 Å². The van der Waals surface area contributed by atoms with Crippen molar-refractivity contribution in [2.45, 2.75) is 31.8 Å². The van der Waals surface area contributed by atoms with Crippen LogP contribution in [0.25, 0.3) is 0 Å². The first-order chi connectivity index (χ1) is 7.13. The summed E-state index contributed by atoms with van der Waals surface area (Å²) in [5, 5.41) is 8.46. The van der Waals surface area contributed by atoms with Crippen molar-refractivity contribution in [3.8, 4) is 0 Å². The van der Waals surface area contributed by atoms with E-state index in [1.807, 2.05) is 0 Å². The Morgan fingerprint density at radius 2 is 2.20 bits per heavy atom. The SMILES string of the molecule is CO[C@@H]1CCCN(C(=O)CCC(=O)O)C1. The molecule has 0 bridgehead atoms. The number of aliphatic carboxylic acids is 1. The number of hydrogen-bond donors (Lipinski definition) is 1. The molecule has 1 heterocycles. The molecular formula is C10H17NO4. The van der Waals surface area contributed by atoms with E-state index in [1.54, 1.807) is 12.0 Å². The predicted octanol–water partition coefficient (Wildman–Crippen LogP) is 0.489. The Bertz CT molecular complexity index is 242. The van der Waals surface area contributed by atoms with E-state index in [0.29, 0.717) is 6.54 Å². The number of carboxylic acid groups (broad SMARTS) is 1. The number of piperidine rings is 1. The van der Waals surface area contributed by atoms with E-state index >= 15 is 0 Å². The maximum absolute atomic E-state index is 11.6. The van der Waals surface area contributed by atoms with Crippen molar-refractivity contribution in [1.82, 2.24) is 4.90 Å². The smallest absolute Gasteiger partial charge is 0.303 e. The number of nitrogens with zero attached hydrogens (tertiary/aromatic N) is 1. The van der Waals surface area contributed by atoms with Crippen molar-refractivity contribution in [3.63, 3.8) is 0 Å². The molecule has 86 valence electrons. The second kappa shape index (κ2) is 5.70. The van der Waals surface area contributed by atoms with Crippen LogP contribution in [0.15, 0.2) is 0 Å². The fourth-order valence-electron chi connectivity index (χ4n) is 1.73. The van der Waals surface area contributed by atoms with Crippen LogP contribution in [0.3, 0.4) is 0 Å². The lowest BCUT2D eigenvalue weighted by molar-refractivity contribution is -0.142. The Hall–Kier alpha value is -1.10. The maximum Gasteiger partial charge on any atom is 0.303 e. The van der Waals surface area contributed by atoms with Crippen molar-refractivity contribution in [1.29, 1.82) is 0 Å². The number of carboxylic acids is 1. The average molecular weight is 215 g/mol. The van der Waals surface area contributed by atoms with Gasteiger partial charge in [-0.25, -0.2) is 0 Å². The summed E-state index contributed by atoms with van der Waals surface area (Å²) in [6.45, 7) is 1.31. The highest BCUT2D eigenvalue weighted by Gasteiger charge is 2.23. The molecule has 5 nitrogen and oxygen atoms in total. The second-order valence-electron chi connectivity index (χ2n) is 3.73. The standard InChI is InChI=1S/C10H17NO4/c1-15-8-3-2-6-11(7-8)9(12)4-5-10(13)14/h8H,2-7H2,1H3,(H,13,14)/t8-/m1/s1. The van der Waals surface area contributed by atoms with Gasteiger partial charge in [-0.05, 0) is 12.8 Å². The van der Waals surface area contributed by atoms with Gasteiger partial charge in [0.25, 0.3) is 0 Å². The molecule has 0 aromatic rings. The number of likely N-dealkylation sites (tertiary alicyclic amines) is 1. The van der Waals surface area contributed by atoms with Gasteiger partial charge in [0, 0.05) is 26.6 Å². The van der Waals surface area contributed by atoms with Gasteiger partial charge in [-0.15, -0.1) is 0 Å². The van der Waals surface area contributed by atoms with Crippen LogP contribution in [-0.2, 0) is 14.3 Å². The third kappa shape index (κ3) is 3.87. The summed E-state index contributed by atoms with van der Waals surface area (Å²) >= 11 is 0. The third-order valence-electron chi connectivity index (χ3n) is 2.62. The van der Waals surface area contributed by atoms with Gasteiger partial charge in [0.05, 0.1) is 12.5 Å². The molecule has 0 saturated carbocycles. The van der Waals surface area contributed by atoms with Gasteiger partial charge in [-0.1, -0.05) is 0 Å². The van der Waals surface area contributed by atoms with Crippen LogP contribution in [0, 0.1) is 0 Å². The first-order valence-corrected chi connectivity index (χ1v) is 5.16. The first-order valence-electron chi connectivity index (χ1n) is 5.16. The van der Waals surface area contributed by atoms with Gasteiger partial charge < -0.3 is 14.7 Å². The molecule has 0 aliphatic carbocycles. The second-order valence-corrected chi connectivity index (χ2v) is 3.73. The normalized spacial score (nSPS) is 21.4. The Kier molecular flexibility index (Phi) is 4.55. The molecule has 1 N–H and O–H groups in total. The lowest BCUT2D eigenvalue weighted by atomic mass is 10.1. The molecule has 15 heavy (non-hydrogen) atoms. The lowest BCUT2D eigenvalue weighted by Crippen LogP contribution is -2.42. The Balaban J connectivity index is 2.35. The number of carbonyl (C=O) groups is 2. The zero-order valence-electron chi connectivity index (χ0n) is 8.94. The largest absolute Gasteiger partial charge is 0.481 e. The summed E-state index contributed by atoms with van der Waals surface area (Å²) in [6, 6.07) is 0. The topological polar surface area (TPSA) is 66.8 Å². The summed E-state index contributed by atoms with van der Waals surface area (Å²) in [7, 11) is 1.63. The predicted molar refractivity (Wildman–Crippen MR) is 53.5 cm³/mol. The van der Waals surface area contributed by atoms with Crippen LogP contribution in [0.2, 0.25) is 0 Å². The Labute approximate surface area is 89.0 Å². The molecule has 1 saturated heterocycles. The van der Waals surface area contributed by atoms with E-state index < -0.39 is 5.97 Å². The molecule has 1 fully saturated rings. The minimum absolute atomic E-state index is 0.0841. The van der Waals surface area contributed by atoms with Gasteiger partial charge in [0.1, 0.15) is 0 Å². The number of methoxy groups -OCH3 is 1. The highest BCUT2D eigenvalue weighted by atomic mass is 16.5. The molecular weight excluding hydrogens is 198 g/mol. The molecule has 0 aromatic carbocycles. The molecule has 0 unspecified atom stereocenters. The van der Waals surface area contributed by atoms with Gasteiger partial charge in [0.15, 0.2) is 0 Å². The molecule has 1 aliphatic heterocycles. The van der Waals surface area contributed by atoms with Crippen molar-refractivity contribution >= 4 is 11.9 Å². The van der Waals surface area contributed by atoms with E-state index in [9.17, 15) is 9.59 Å². The van der Waals surface area contributed by atoms with Crippen LogP contribution >= 0.6 is 0 Å². The summed E-state index contributed by atoms with van der Waals surface area (Å²) in [6.07, 6.45) is 2.00. The highest BCUT2D eigenvalue weighted by Crippen LogP contribution is 2.13. The number of ether oxygens (including phenoxy) is 1. The average Bonchev–Trinajstić information content (AvgIpc) is 2.26. The van der Waals surface area contributed by atoms with E-state index in [4.69, 9.17) is 9.84 Å². The van der Waals surface area contributed by atoms with Crippen LogP contribution in [0.4, 0.5) is 0 Å². The molecule has 1 atom stereocenters. The van der Waals surface area contributed by atoms with Gasteiger partial charge in [-0.2, -0.15) is 0 Å². The quantitative estimate of drug-likeness (QED) is 0.741. The molecule has 0 aromatic heterocycles. The first kappa shape index (κ1) is 12.0. The monoisotopic (exact) mass is 215 g/mol. The number of hydrogen-bond acceptors (Lipinski definition) is 3. The van der Waals surface area contributed by atoms with Crippen molar-refractivity contribution in [3.05, 3.63) is 0 Å². The van der Waals surface area contributed by atoms with Crippen molar-refractivity contribution < 1.29 is 19.4 Å². The minimum atomic E-state index is -0.927. The summed E-state index contributed by atoms with van der Waals surface area (Å²) in [4.78, 5) is 23.6. The van der Waals surface area contributed by atoms with Crippen LogP contribution < -0.4 is 0 Å². The number of amides is 1. The number of rotatable bonds is 4. The van der Waals surface area contributed by atoms with Gasteiger partial charge >= 0.3 is 5.97 Å². The highest BCUT2D eigenvalue weighted by molar-refractivity contribution is 5.80. The summed E-state index contributed by atoms with van der Waals surface area (Å²) in [5.41, 5.74) is 0. The molecule has 5 heteroatoms. The summed E-state index contributed by atoms with van der Waals surface area (Å²) < 4.78 is 5.19. The van der Waals surface area contributed by atoms with Crippen molar-refractivity contribution in [2.75, 3.05) is 20.2 Å². The molecule has 0 radical (unpaired) electrons. The van der Waals surface area contributed by atoms with Crippen molar-refractivity contribution in [2.24, 2.45) is 0 Å². The molecule has 1 rings (SSSR count). The Morgan fingerprint density at radius 3 is 2.80 bits per heavy atom. The van der Waals surface area contributed by atoms with E-state index in [0.717, 1.165) is 19.4 Å². The van der Waals surface area contributed by atoms with Gasteiger partial charge in [-0.3, -0.25) is 9.59 Å². The maximum atomic E-state index is 11.6. The molecule has 0 spiro atoms. The van der Waals surface area contributed by atoms with Crippen LogP contribution in [0.1, 0.15) is 25.7 Å². The van der Waals surface area contributed by atoms with E-state index in [-0.39, 0.29) is 24.9 Å². The minimum Gasteiger partial charge on any atom is -0.481 e. The molecule has 1 aliphatic rings.